The highest BCUT2D eigenvalue weighted by Crippen LogP contribution is 2.24. The maximum absolute atomic E-state index is 13.0. The zero-order valence-electron chi connectivity index (χ0n) is 20.0. The maximum Gasteiger partial charge on any atom is 0.409 e. The summed E-state index contributed by atoms with van der Waals surface area (Å²) < 4.78 is 12.3. The summed E-state index contributed by atoms with van der Waals surface area (Å²) in [6.07, 6.45) is 1.43. The van der Waals surface area contributed by atoms with Crippen LogP contribution in [0.5, 0.6) is 5.75 Å². The number of piperazine rings is 1. The van der Waals surface area contributed by atoms with Gasteiger partial charge in [-0.25, -0.2) is 4.79 Å². The van der Waals surface area contributed by atoms with Crippen LogP contribution in [-0.4, -0.2) is 76.1 Å². The Morgan fingerprint density at radius 3 is 2.38 bits per heavy atom. The molecule has 0 aliphatic carbocycles. The Balaban J connectivity index is 1.59. The van der Waals surface area contributed by atoms with Gasteiger partial charge in [0.15, 0.2) is 5.11 Å². The van der Waals surface area contributed by atoms with Crippen molar-refractivity contribution in [3.8, 4) is 5.75 Å². The van der Waals surface area contributed by atoms with Gasteiger partial charge in [-0.2, -0.15) is 5.10 Å². The van der Waals surface area contributed by atoms with Crippen molar-refractivity contribution in [2.45, 2.75) is 33.7 Å². The molecule has 0 saturated carbocycles. The maximum atomic E-state index is 13.0. The molecule has 1 aromatic heterocycles. The number of anilines is 2. The third-order valence-corrected chi connectivity index (χ3v) is 5.68. The minimum absolute atomic E-state index is 0.0519. The molecule has 10 nitrogen and oxygen atoms in total. The normalized spacial score (nSPS) is 14.4. The van der Waals surface area contributed by atoms with Crippen molar-refractivity contribution in [3.05, 3.63) is 36.2 Å². The molecule has 2 heterocycles. The van der Waals surface area contributed by atoms with E-state index in [1.807, 2.05) is 45.0 Å². The van der Waals surface area contributed by atoms with Crippen molar-refractivity contribution in [2.75, 3.05) is 50.0 Å². The summed E-state index contributed by atoms with van der Waals surface area (Å²) in [5.74, 6) is 0.660. The van der Waals surface area contributed by atoms with Crippen LogP contribution in [-0.2, 0) is 9.53 Å². The molecule has 34 heavy (non-hydrogen) atoms. The monoisotopic (exact) mass is 488 g/mol. The van der Waals surface area contributed by atoms with Crippen LogP contribution in [0.4, 0.5) is 16.2 Å². The molecule has 11 heteroatoms. The van der Waals surface area contributed by atoms with E-state index in [1.165, 1.54) is 0 Å². The highest BCUT2D eigenvalue weighted by molar-refractivity contribution is 7.80. The lowest BCUT2D eigenvalue weighted by molar-refractivity contribution is -0.136. The first-order valence-electron chi connectivity index (χ1n) is 11.4. The number of aromatic nitrogens is 2. The lowest BCUT2D eigenvalue weighted by Crippen LogP contribution is -2.52. The number of para-hydroxylation sites is 2. The number of carbonyl (C=O) groups is 2. The van der Waals surface area contributed by atoms with Crippen LogP contribution < -0.4 is 15.4 Å². The molecule has 1 aromatic carbocycles. The van der Waals surface area contributed by atoms with Gasteiger partial charge in [-0.1, -0.05) is 12.1 Å². The third kappa shape index (κ3) is 6.16. The van der Waals surface area contributed by atoms with E-state index in [1.54, 1.807) is 27.6 Å². The first-order valence-corrected chi connectivity index (χ1v) is 11.8. The number of hydrogen-bond acceptors (Lipinski definition) is 6. The number of hydrogen-bond donors (Lipinski definition) is 2. The minimum Gasteiger partial charge on any atom is -0.492 e. The second-order valence-corrected chi connectivity index (χ2v) is 8.21. The van der Waals surface area contributed by atoms with Gasteiger partial charge >= 0.3 is 6.09 Å². The number of nitrogens with one attached hydrogen (secondary N) is 2. The molecule has 2 amide bonds. The summed E-state index contributed by atoms with van der Waals surface area (Å²) in [7, 11) is 0. The van der Waals surface area contributed by atoms with Crippen LogP contribution in [0.2, 0.25) is 0 Å². The predicted octanol–water partition coefficient (Wildman–Crippen LogP) is 3.26. The number of benzene rings is 1. The number of nitrogens with zero attached hydrogens (tertiary/aromatic N) is 4. The summed E-state index contributed by atoms with van der Waals surface area (Å²) in [6.45, 7) is 10.1. The van der Waals surface area contributed by atoms with E-state index in [4.69, 9.17) is 21.7 Å². The van der Waals surface area contributed by atoms with Gasteiger partial charge in [-0.05, 0) is 52.0 Å². The lowest BCUT2D eigenvalue weighted by atomic mass is 10.2. The number of amides is 2. The molecule has 1 fully saturated rings. The van der Waals surface area contributed by atoms with Crippen LogP contribution in [0.25, 0.3) is 0 Å². The highest BCUT2D eigenvalue weighted by Gasteiger charge is 2.29. The number of ether oxygens (including phenoxy) is 2. The molecule has 0 spiro atoms. The van der Waals surface area contributed by atoms with E-state index in [9.17, 15) is 9.59 Å². The number of aryl methyl sites for hydroxylation is 1. The minimum atomic E-state index is -0.497. The molecule has 3 rings (SSSR count). The molecular formula is C23H32N6O4S. The summed E-state index contributed by atoms with van der Waals surface area (Å²) >= 11 is 5.47. The van der Waals surface area contributed by atoms with E-state index < -0.39 is 6.04 Å². The smallest absolute Gasteiger partial charge is 0.409 e. The van der Waals surface area contributed by atoms with Crippen molar-refractivity contribution in [2.24, 2.45) is 0 Å². The lowest BCUT2D eigenvalue weighted by Gasteiger charge is -2.35. The van der Waals surface area contributed by atoms with Gasteiger partial charge in [-0.3, -0.25) is 9.48 Å². The second kappa shape index (κ2) is 11.7. The average Bonchev–Trinajstić information content (AvgIpc) is 3.19. The molecule has 2 aromatic rings. The second-order valence-electron chi connectivity index (χ2n) is 7.80. The number of thiocarbonyl (C=S) groups is 1. The highest BCUT2D eigenvalue weighted by atomic mass is 32.1. The van der Waals surface area contributed by atoms with E-state index in [0.717, 1.165) is 5.69 Å². The number of carbonyl (C=O) groups excluding carboxylic acids is 2. The Morgan fingerprint density at radius 2 is 1.71 bits per heavy atom. The van der Waals surface area contributed by atoms with Crippen molar-refractivity contribution in [3.63, 3.8) is 0 Å². The van der Waals surface area contributed by atoms with Gasteiger partial charge in [0.25, 0.3) is 0 Å². The Kier molecular flexibility index (Phi) is 8.69. The quantitative estimate of drug-likeness (QED) is 0.573. The van der Waals surface area contributed by atoms with Crippen molar-refractivity contribution in [1.82, 2.24) is 19.6 Å². The van der Waals surface area contributed by atoms with Crippen LogP contribution >= 0.6 is 12.2 Å². The van der Waals surface area contributed by atoms with Crippen molar-refractivity contribution in [1.29, 1.82) is 0 Å². The molecule has 1 aliphatic rings. The van der Waals surface area contributed by atoms with Gasteiger partial charge in [0.05, 0.1) is 30.3 Å². The van der Waals surface area contributed by atoms with Gasteiger partial charge in [0.2, 0.25) is 5.91 Å². The molecule has 2 N–H and O–H groups in total. The molecule has 0 bridgehead atoms. The van der Waals surface area contributed by atoms with E-state index in [-0.39, 0.29) is 12.0 Å². The van der Waals surface area contributed by atoms with Crippen LogP contribution in [0.1, 0.15) is 32.5 Å². The summed E-state index contributed by atoms with van der Waals surface area (Å²) in [5, 5.41) is 11.2. The fourth-order valence-electron chi connectivity index (χ4n) is 3.63. The first-order chi connectivity index (χ1) is 16.3. The Labute approximate surface area is 205 Å². The molecular weight excluding hydrogens is 456 g/mol. The zero-order chi connectivity index (χ0) is 24.7. The zero-order valence-corrected chi connectivity index (χ0v) is 20.9. The topological polar surface area (TPSA) is 101 Å². The fourth-order valence-corrected chi connectivity index (χ4v) is 3.85. The van der Waals surface area contributed by atoms with E-state index in [2.05, 4.69) is 15.7 Å². The van der Waals surface area contributed by atoms with Crippen molar-refractivity contribution < 1.29 is 19.1 Å². The largest absolute Gasteiger partial charge is 0.492 e. The van der Waals surface area contributed by atoms with Crippen LogP contribution in [0.15, 0.2) is 30.5 Å². The Bertz CT molecular complexity index is 1020. The molecule has 1 unspecified atom stereocenters. The number of rotatable bonds is 7. The van der Waals surface area contributed by atoms with Gasteiger partial charge < -0.3 is 29.9 Å². The SMILES string of the molecule is CCOC(=O)N1CCN(C(=O)C(C)n2cc(NC(=S)Nc3ccccc3OCC)c(C)n2)CC1. The van der Waals surface area contributed by atoms with E-state index >= 15 is 0 Å². The molecule has 1 saturated heterocycles. The average molecular weight is 489 g/mol. The molecule has 1 atom stereocenters. The first kappa shape index (κ1) is 25.3. The third-order valence-electron chi connectivity index (χ3n) is 5.47. The predicted molar refractivity (Wildman–Crippen MR) is 134 cm³/mol. The summed E-state index contributed by atoms with van der Waals surface area (Å²) in [4.78, 5) is 28.3. The summed E-state index contributed by atoms with van der Waals surface area (Å²) in [5.41, 5.74) is 2.18. The fraction of sp³-hybridized carbons (Fsp3) is 0.478. The standard InChI is InChI=1S/C23H32N6O4S/c1-5-32-20-10-8-7-9-18(20)24-22(34)25-19-15-29(26-16(19)3)17(4)21(30)27-11-13-28(14-12-27)23(31)33-6-2/h7-10,15,17H,5-6,11-14H2,1-4H3,(H2,24,25,34). The van der Waals surface area contributed by atoms with Crippen LogP contribution in [0, 0.1) is 6.92 Å². The molecule has 1 aliphatic heterocycles. The van der Waals surface area contributed by atoms with Crippen molar-refractivity contribution >= 4 is 40.7 Å². The molecule has 0 radical (unpaired) electrons. The summed E-state index contributed by atoms with van der Waals surface area (Å²) in [6, 6.07) is 7.06. The Hall–Kier alpha value is -3.34. The van der Waals surface area contributed by atoms with Gasteiger partial charge in [-0.15, -0.1) is 0 Å². The Morgan fingerprint density at radius 1 is 1.06 bits per heavy atom. The van der Waals surface area contributed by atoms with Gasteiger partial charge in [0.1, 0.15) is 11.8 Å². The van der Waals surface area contributed by atoms with Crippen LogP contribution in [0.3, 0.4) is 0 Å². The molecule has 184 valence electrons. The van der Waals surface area contributed by atoms with Gasteiger partial charge in [0, 0.05) is 32.4 Å². The van der Waals surface area contributed by atoms with E-state index in [0.29, 0.717) is 61.6 Å².